The Morgan fingerprint density at radius 3 is 2.46 bits per heavy atom. The number of para-hydroxylation sites is 1. The molecule has 7 nitrogen and oxygen atoms in total. The molecule has 0 aliphatic carbocycles. The number of phenols is 1. The lowest BCUT2D eigenvalue weighted by atomic mass is 10.3. The van der Waals surface area contributed by atoms with E-state index in [1.54, 1.807) is 12.1 Å². The monoisotopic (exact) mass is 498 g/mol. The van der Waals surface area contributed by atoms with Crippen LogP contribution in [0.2, 0.25) is 0 Å². The zero-order valence-electron chi connectivity index (χ0n) is 16.1. The van der Waals surface area contributed by atoms with E-state index in [-0.39, 0.29) is 42.2 Å². The van der Waals surface area contributed by atoms with E-state index in [1.807, 2.05) is 49.2 Å². The van der Waals surface area contributed by atoms with Gasteiger partial charge in [0.2, 0.25) is 5.91 Å². The van der Waals surface area contributed by atoms with Crippen molar-refractivity contribution in [2.45, 2.75) is 6.92 Å². The van der Waals surface area contributed by atoms with Gasteiger partial charge in [-0.3, -0.25) is 4.79 Å². The van der Waals surface area contributed by atoms with Crippen LogP contribution in [0.5, 0.6) is 11.5 Å². The zero-order valence-corrected chi connectivity index (χ0v) is 18.4. The third-order valence-corrected chi connectivity index (χ3v) is 3.66. The Labute approximate surface area is 182 Å². The number of hydrogen-bond donors (Lipinski definition) is 3. The van der Waals surface area contributed by atoms with Crippen LogP contribution in [0.1, 0.15) is 6.92 Å². The minimum atomic E-state index is -0.231. The van der Waals surface area contributed by atoms with Gasteiger partial charge < -0.3 is 25.4 Å². The molecule has 0 spiro atoms. The summed E-state index contributed by atoms with van der Waals surface area (Å²) in [6, 6.07) is 15.9. The van der Waals surface area contributed by atoms with E-state index in [0.717, 1.165) is 5.75 Å². The first-order chi connectivity index (χ1) is 13.1. The van der Waals surface area contributed by atoms with Crippen LogP contribution in [0.4, 0.5) is 5.69 Å². The van der Waals surface area contributed by atoms with Gasteiger partial charge in [0.05, 0.1) is 6.54 Å². The fourth-order valence-electron chi connectivity index (χ4n) is 2.28. The smallest absolute Gasteiger partial charge is 0.246 e. The minimum absolute atomic E-state index is 0. The van der Waals surface area contributed by atoms with Crippen molar-refractivity contribution in [1.29, 1.82) is 0 Å². The first kappa shape index (κ1) is 23.5. The predicted molar refractivity (Wildman–Crippen MR) is 123 cm³/mol. The van der Waals surface area contributed by atoms with Gasteiger partial charge in [-0.25, -0.2) is 4.99 Å². The number of aromatic hydroxyl groups is 1. The van der Waals surface area contributed by atoms with E-state index in [1.165, 1.54) is 12.1 Å². The number of phenolic OH excluding ortho intramolecular Hbond substituents is 1. The Bertz CT molecular complexity index is 739. The molecular weight excluding hydrogens is 471 g/mol. The summed E-state index contributed by atoms with van der Waals surface area (Å²) in [5, 5.41) is 15.2. The number of carbonyl (C=O) groups is 1. The highest BCUT2D eigenvalue weighted by atomic mass is 127. The average Bonchev–Trinajstić information content (AvgIpc) is 2.67. The van der Waals surface area contributed by atoms with Crippen molar-refractivity contribution in [2.75, 3.05) is 38.6 Å². The van der Waals surface area contributed by atoms with Gasteiger partial charge in [-0.05, 0) is 43.3 Å². The van der Waals surface area contributed by atoms with Gasteiger partial charge in [0.1, 0.15) is 24.7 Å². The summed E-state index contributed by atoms with van der Waals surface area (Å²) in [6.45, 7) is 3.79. The van der Waals surface area contributed by atoms with Crippen molar-refractivity contribution in [3.05, 3.63) is 54.6 Å². The molecule has 1 amide bonds. The molecule has 0 unspecified atom stereocenters. The summed E-state index contributed by atoms with van der Waals surface area (Å²) in [7, 11) is 1.90. The van der Waals surface area contributed by atoms with E-state index in [2.05, 4.69) is 15.6 Å². The Hall–Kier alpha value is -2.49. The summed E-state index contributed by atoms with van der Waals surface area (Å²) in [4.78, 5) is 18.4. The van der Waals surface area contributed by atoms with Crippen LogP contribution in [0.3, 0.4) is 0 Å². The Morgan fingerprint density at radius 2 is 1.82 bits per heavy atom. The molecule has 28 heavy (non-hydrogen) atoms. The molecular formula is C20H27IN4O3. The number of amides is 1. The molecule has 0 radical (unpaired) electrons. The fourth-order valence-corrected chi connectivity index (χ4v) is 2.28. The maximum Gasteiger partial charge on any atom is 0.246 e. The highest BCUT2D eigenvalue weighted by Crippen LogP contribution is 2.13. The summed E-state index contributed by atoms with van der Waals surface area (Å²) < 4.78 is 5.70. The van der Waals surface area contributed by atoms with Crippen LogP contribution in [-0.4, -0.2) is 55.2 Å². The SMILES string of the molecule is CCNC(=NCC(=O)Nc1ccc(O)cc1)N(C)CCOc1ccccc1.I. The molecule has 3 N–H and O–H groups in total. The number of nitrogens with zero attached hydrogens (tertiary/aromatic N) is 2. The van der Waals surface area contributed by atoms with Gasteiger partial charge in [-0.2, -0.15) is 0 Å². The molecule has 152 valence electrons. The Kier molecular flexibility index (Phi) is 10.8. The van der Waals surface area contributed by atoms with Crippen LogP contribution in [0, 0.1) is 0 Å². The summed E-state index contributed by atoms with van der Waals surface area (Å²) >= 11 is 0. The number of aliphatic imine (C=N–C) groups is 1. The summed E-state index contributed by atoms with van der Waals surface area (Å²) in [6.07, 6.45) is 0. The van der Waals surface area contributed by atoms with Crippen molar-refractivity contribution < 1.29 is 14.6 Å². The van der Waals surface area contributed by atoms with Crippen LogP contribution in [0.25, 0.3) is 0 Å². The molecule has 0 aliphatic heterocycles. The van der Waals surface area contributed by atoms with Gasteiger partial charge in [0, 0.05) is 19.3 Å². The van der Waals surface area contributed by atoms with E-state index >= 15 is 0 Å². The van der Waals surface area contributed by atoms with Crippen LogP contribution in [0.15, 0.2) is 59.6 Å². The number of rotatable bonds is 8. The lowest BCUT2D eigenvalue weighted by molar-refractivity contribution is -0.114. The third kappa shape index (κ3) is 8.47. The normalized spacial score (nSPS) is 10.6. The lowest BCUT2D eigenvalue weighted by Crippen LogP contribution is -2.41. The van der Waals surface area contributed by atoms with Crippen molar-refractivity contribution in [1.82, 2.24) is 10.2 Å². The third-order valence-electron chi connectivity index (χ3n) is 3.66. The topological polar surface area (TPSA) is 86.2 Å². The van der Waals surface area contributed by atoms with Gasteiger partial charge in [0.25, 0.3) is 0 Å². The first-order valence-electron chi connectivity index (χ1n) is 8.84. The standard InChI is InChI=1S/C20H26N4O3.HI/c1-3-21-20(24(2)13-14-27-18-7-5-4-6-8-18)22-15-19(26)23-16-9-11-17(25)12-10-16;/h4-12,25H,3,13-15H2,1-2H3,(H,21,22)(H,23,26);1H. The first-order valence-corrected chi connectivity index (χ1v) is 8.84. The molecule has 2 aromatic rings. The minimum Gasteiger partial charge on any atom is -0.508 e. The lowest BCUT2D eigenvalue weighted by Gasteiger charge is -2.22. The van der Waals surface area contributed by atoms with E-state index in [0.29, 0.717) is 31.3 Å². The maximum atomic E-state index is 12.1. The Morgan fingerprint density at radius 1 is 1.14 bits per heavy atom. The summed E-state index contributed by atoms with van der Waals surface area (Å²) in [5.41, 5.74) is 0.614. The predicted octanol–water partition coefficient (Wildman–Crippen LogP) is 2.93. The second-order valence-electron chi connectivity index (χ2n) is 5.85. The number of guanidine groups is 1. The van der Waals surface area contributed by atoms with E-state index in [9.17, 15) is 9.90 Å². The zero-order chi connectivity index (χ0) is 19.5. The molecule has 0 fully saturated rings. The number of ether oxygens (including phenoxy) is 1. The van der Waals surface area contributed by atoms with Gasteiger partial charge in [0.15, 0.2) is 5.96 Å². The quantitative estimate of drug-likeness (QED) is 0.226. The van der Waals surface area contributed by atoms with Gasteiger partial charge in [-0.15, -0.1) is 24.0 Å². The molecule has 2 aromatic carbocycles. The molecule has 0 aromatic heterocycles. The summed E-state index contributed by atoms with van der Waals surface area (Å²) in [5.74, 6) is 1.38. The number of nitrogens with one attached hydrogen (secondary N) is 2. The molecule has 0 saturated heterocycles. The number of halogens is 1. The highest BCUT2D eigenvalue weighted by molar-refractivity contribution is 14.0. The van der Waals surface area contributed by atoms with Crippen molar-refractivity contribution >= 4 is 41.5 Å². The van der Waals surface area contributed by atoms with E-state index in [4.69, 9.17) is 4.74 Å². The molecule has 2 rings (SSSR count). The molecule has 8 heteroatoms. The molecule has 0 saturated carbocycles. The van der Waals surface area contributed by atoms with E-state index < -0.39 is 0 Å². The highest BCUT2D eigenvalue weighted by Gasteiger charge is 2.08. The number of benzene rings is 2. The average molecular weight is 498 g/mol. The number of carbonyl (C=O) groups excluding carboxylic acids is 1. The number of anilines is 1. The molecule has 0 bridgehead atoms. The fraction of sp³-hybridized carbons (Fsp3) is 0.300. The maximum absolute atomic E-state index is 12.1. The molecule has 0 heterocycles. The van der Waals surface area contributed by atoms with Crippen molar-refractivity contribution in [2.24, 2.45) is 4.99 Å². The Balaban J connectivity index is 0.00000392. The molecule has 0 atom stereocenters. The van der Waals surface area contributed by atoms with Crippen molar-refractivity contribution in [3.8, 4) is 11.5 Å². The second-order valence-corrected chi connectivity index (χ2v) is 5.85. The van der Waals surface area contributed by atoms with Crippen LogP contribution < -0.4 is 15.4 Å². The van der Waals surface area contributed by atoms with Gasteiger partial charge >= 0.3 is 0 Å². The van der Waals surface area contributed by atoms with Gasteiger partial charge in [-0.1, -0.05) is 18.2 Å². The van der Waals surface area contributed by atoms with Crippen LogP contribution >= 0.6 is 24.0 Å². The van der Waals surface area contributed by atoms with Crippen molar-refractivity contribution in [3.63, 3.8) is 0 Å². The van der Waals surface area contributed by atoms with Crippen LogP contribution in [-0.2, 0) is 4.79 Å². The largest absolute Gasteiger partial charge is 0.508 e. The number of hydrogen-bond acceptors (Lipinski definition) is 4. The molecule has 0 aliphatic rings. The number of likely N-dealkylation sites (N-methyl/N-ethyl adjacent to an activating group) is 1. The second kappa shape index (κ2) is 12.8.